The second kappa shape index (κ2) is 6.14. The van der Waals surface area contributed by atoms with Gasteiger partial charge < -0.3 is 5.11 Å². The first-order chi connectivity index (χ1) is 9.79. The second-order valence-corrected chi connectivity index (χ2v) is 7.00. The van der Waals surface area contributed by atoms with E-state index in [0.29, 0.717) is 23.4 Å². The predicted molar refractivity (Wildman–Crippen MR) is 80.8 cm³/mol. The molecule has 0 aromatic heterocycles. The summed E-state index contributed by atoms with van der Waals surface area (Å²) in [7, 11) is 0. The molecule has 1 saturated heterocycles. The van der Waals surface area contributed by atoms with Crippen molar-refractivity contribution in [1.82, 2.24) is 4.90 Å². The summed E-state index contributed by atoms with van der Waals surface area (Å²) < 4.78 is 14.1. The van der Waals surface area contributed by atoms with Gasteiger partial charge in [-0.1, -0.05) is 32.9 Å². The van der Waals surface area contributed by atoms with Crippen LogP contribution in [0.15, 0.2) is 18.2 Å². The summed E-state index contributed by atoms with van der Waals surface area (Å²) in [6.07, 6.45) is 2.23. The van der Waals surface area contributed by atoms with Crippen molar-refractivity contribution in [3.63, 3.8) is 0 Å². The minimum Gasteiger partial charge on any atom is -0.478 e. The van der Waals surface area contributed by atoms with Crippen molar-refractivity contribution >= 4 is 5.97 Å². The van der Waals surface area contributed by atoms with E-state index in [0.717, 1.165) is 25.9 Å². The fraction of sp³-hybridized carbons (Fsp3) is 0.588. The van der Waals surface area contributed by atoms with Gasteiger partial charge in [-0.15, -0.1) is 0 Å². The molecule has 116 valence electrons. The Morgan fingerprint density at radius 1 is 1.33 bits per heavy atom. The molecule has 2 rings (SSSR count). The minimum atomic E-state index is -1.21. The van der Waals surface area contributed by atoms with E-state index >= 15 is 0 Å². The van der Waals surface area contributed by atoms with Gasteiger partial charge in [0.05, 0.1) is 5.56 Å². The first-order valence-corrected chi connectivity index (χ1v) is 7.52. The van der Waals surface area contributed by atoms with Crippen LogP contribution in [-0.2, 0) is 6.54 Å². The number of halogens is 1. The average Bonchev–Trinajstić information content (AvgIpc) is 2.40. The lowest BCUT2D eigenvalue weighted by atomic mass is 9.75. The van der Waals surface area contributed by atoms with Gasteiger partial charge in [0.1, 0.15) is 5.82 Å². The van der Waals surface area contributed by atoms with E-state index in [1.54, 1.807) is 12.1 Å². The van der Waals surface area contributed by atoms with E-state index in [4.69, 9.17) is 5.11 Å². The third kappa shape index (κ3) is 3.82. The lowest BCUT2D eigenvalue weighted by Gasteiger charge is -2.38. The molecule has 1 aromatic rings. The van der Waals surface area contributed by atoms with Gasteiger partial charge in [-0.05, 0) is 43.3 Å². The Balaban J connectivity index is 2.01. The van der Waals surface area contributed by atoms with Crippen molar-refractivity contribution in [2.24, 2.45) is 11.3 Å². The summed E-state index contributed by atoms with van der Waals surface area (Å²) >= 11 is 0. The quantitative estimate of drug-likeness (QED) is 0.922. The van der Waals surface area contributed by atoms with Crippen LogP contribution in [0, 0.1) is 17.2 Å². The molecule has 0 saturated carbocycles. The summed E-state index contributed by atoms with van der Waals surface area (Å²) in [5, 5.41) is 8.97. The van der Waals surface area contributed by atoms with Crippen LogP contribution < -0.4 is 0 Å². The highest BCUT2D eigenvalue weighted by Crippen LogP contribution is 2.34. The van der Waals surface area contributed by atoms with E-state index in [9.17, 15) is 9.18 Å². The second-order valence-electron chi connectivity index (χ2n) is 7.00. The lowest BCUT2D eigenvalue weighted by Crippen LogP contribution is -2.37. The number of nitrogens with zero attached hydrogens (tertiary/aromatic N) is 1. The average molecular weight is 293 g/mol. The Kier molecular flexibility index (Phi) is 4.67. The largest absolute Gasteiger partial charge is 0.478 e. The van der Waals surface area contributed by atoms with Crippen molar-refractivity contribution < 1.29 is 14.3 Å². The van der Waals surface area contributed by atoms with Crippen molar-refractivity contribution in [2.45, 2.75) is 40.2 Å². The van der Waals surface area contributed by atoms with Crippen LogP contribution in [0.4, 0.5) is 4.39 Å². The maximum atomic E-state index is 14.1. The van der Waals surface area contributed by atoms with Gasteiger partial charge in [-0.2, -0.15) is 0 Å². The van der Waals surface area contributed by atoms with Crippen LogP contribution in [0.25, 0.3) is 0 Å². The topological polar surface area (TPSA) is 40.5 Å². The number of hydrogen-bond donors (Lipinski definition) is 1. The Bertz CT molecular complexity index is 514. The molecule has 1 fully saturated rings. The molecule has 1 N–H and O–H groups in total. The van der Waals surface area contributed by atoms with Gasteiger partial charge in [0, 0.05) is 12.1 Å². The molecule has 1 aromatic carbocycles. The van der Waals surface area contributed by atoms with Crippen molar-refractivity contribution in [2.75, 3.05) is 13.1 Å². The number of hydrogen-bond acceptors (Lipinski definition) is 2. The molecule has 21 heavy (non-hydrogen) atoms. The summed E-state index contributed by atoms with van der Waals surface area (Å²) in [4.78, 5) is 13.2. The summed E-state index contributed by atoms with van der Waals surface area (Å²) in [6.45, 7) is 9.18. The number of likely N-dealkylation sites (tertiary alicyclic amines) is 1. The molecule has 0 atom stereocenters. The molecule has 3 nitrogen and oxygen atoms in total. The van der Waals surface area contributed by atoms with Gasteiger partial charge in [0.15, 0.2) is 0 Å². The van der Waals surface area contributed by atoms with E-state index in [1.165, 1.54) is 6.07 Å². The summed E-state index contributed by atoms with van der Waals surface area (Å²) in [5.41, 5.74) is 0.557. The maximum absolute atomic E-state index is 14.1. The zero-order valence-electron chi connectivity index (χ0n) is 13.0. The molecular formula is C17H24FNO2. The van der Waals surface area contributed by atoms with Crippen LogP contribution in [0.1, 0.15) is 49.5 Å². The Morgan fingerprint density at radius 3 is 2.48 bits per heavy atom. The van der Waals surface area contributed by atoms with E-state index in [-0.39, 0.29) is 5.56 Å². The highest BCUT2D eigenvalue weighted by Gasteiger charge is 2.29. The highest BCUT2D eigenvalue weighted by atomic mass is 19.1. The molecule has 1 aliphatic heterocycles. The minimum absolute atomic E-state index is 0.239. The van der Waals surface area contributed by atoms with Crippen LogP contribution >= 0.6 is 0 Å². The molecule has 1 heterocycles. The molecule has 1 aliphatic rings. The predicted octanol–water partition coefficient (Wildman–Crippen LogP) is 3.78. The lowest BCUT2D eigenvalue weighted by molar-refractivity contribution is 0.0690. The Hall–Kier alpha value is -1.42. The smallest absolute Gasteiger partial charge is 0.338 e. The zero-order chi connectivity index (χ0) is 15.6. The Morgan fingerprint density at radius 2 is 1.95 bits per heavy atom. The summed E-state index contributed by atoms with van der Waals surface area (Å²) in [6, 6.07) is 4.61. The van der Waals surface area contributed by atoms with Gasteiger partial charge in [0.25, 0.3) is 0 Å². The standard InChI is InChI=1S/C17H24FNO2/c1-17(2,3)13-7-9-19(10-8-13)11-12-5-4-6-14(15(12)18)16(20)21/h4-6,13H,7-11H2,1-3H3,(H,20,21). The molecule has 0 bridgehead atoms. The summed E-state index contributed by atoms with van der Waals surface area (Å²) in [5.74, 6) is -1.10. The van der Waals surface area contributed by atoms with E-state index in [2.05, 4.69) is 25.7 Å². The molecule has 0 aliphatic carbocycles. The van der Waals surface area contributed by atoms with Gasteiger partial charge in [0.2, 0.25) is 0 Å². The molecule has 0 amide bonds. The number of carbonyl (C=O) groups is 1. The first kappa shape index (κ1) is 16.0. The molecular weight excluding hydrogens is 269 g/mol. The van der Waals surface area contributed by atoms with Crippen molar-refractivity contribution in [3.05, 3.63) is 35.1 Å². The molecule has 0 spiro atoms. The third-order valence-corrected chi connectivity index (χ3v) is 4.52. The van der Waals surface area contributed by atoms with Gasteiger partial charge in [-0.3, -0.25) is 4.90 Å². The fourth-order valence-corrected chi connectivity index (χ4v) is 3.07. The number of benzene rings is 1. The maximum Gasteiger partial charge on any atom is 0.338 e. The van der Waals surface area contributed by atoms with E-state index < -0.39 is 11.8 Å². The van der Waals surface area contributed by atoms with Crippen LogP contribution in [0.3, 0.4) is 0 Å². The van der Waals surface area contributed by atoms with E-state index in [1.807, 2.05) is 0 Å². The Labute approximate surface area is 125 Å². The molecule has 0 radical (unpaired) electrons. The normalized spacial score (nSPS) is 17.9. The van der Waals surface area contributed by atoms with Crippen molar-refractivity contribution in [1.29, 1.82) is 0 Å². The van der Waals surface area contributed by atoms with Crippen LogP contribution in [-0.4, -0.2) is 29.1 Å². The van der Waals surface area contributed by atoms with Crippen LogP contribution in [0.5, 0.6) is 0 Å². The monoisotopic (exact) mass is 293 g/mol. The molecule has 0 unspecified atom stereocenters. The number of carboxylic acid groups (broad SMARTS) is 1. The number of piperidine rings is 1. The van der Waals surface area contributed by atoms with Crippen molar-refractivity contribution in [3.8, 4) is 0 Å². The SMILES string of the molecule is CC(C)(C)C1CCN(Cc2cccc(C(=O)O)c2F)CC1. The number of rotatable bonds is 3. The zero-order valence-corrected chi connectivity index (χ0v) is 13.0. The molecule has 4 heteroatoms. The van der Waals surface area contributed by atoms with Gasteiger partial charge >= 0.3 is 5.97 Å². The first-order valence-electron chi connectivity index (χ1n) is 7.52. The van der Waals surface area contributed by atoms with Gasteiger partial charge in [-0.25, -0.2) is 9.18 Å². The number of aromatic carboxylic acids is 1. The third-order valence-electron chi connectivity index (χ3n) is 4.52. The van der Waals surface area contributed by atoms with Crippen LogP contribution in [0.2, 0.25) is 0 Å². The fourth-order valence-electron chi connectivity index (χ4n) is 3.07. The highest BCUT2D eigenvalue weighted by molar-refractivity contribution is 5.88. The number of carboxylic acids is 1.